The van der Waals surface area contributed by atoms with E-state index in [1.165, 1.54) is 6.07 Å². The zero-order chi connectivity index (χ0) is 10.8. The molecule has 14 heavy (non-hydrogen) atoms. The Balaban J connectivity index is 3.15. The van der Waals surface area contributed by atoms with Crippen molar-refractivity contribution >= 4 is 23.7 Å². The Morgan fingerprint density at radius 3 is 2.50 bits per heavy atom. The summed E-state index contributed by atoms with van der Waals surface area (Å²) in [6.45, 7) is 0. The summed E-state index contributed by atoms with van der Waals surface area (Å²) in [7, 11) is 0. The van der Waals surface area contributed by atoms with Crippen molar-refractivity contribution in [1.29, 1.82) is 0 Å². The van der Waals surface area contributed by atoms with Gasteiger partial charge in [-0.1, -0.05) is 11.6 Å². The van der Waals surface area contributed by atoms with Gasteiger partial charge in [-0.3, -0.25) is 4.79 Å². The largest absolute Gasteiger partial charge is 0.417 e. The fourth-order valence-electron chi connectivity index (χ4n) is 0.900. The fourth-order valence-corrected chi connectivity index (χ4v) is 1.13. The van der Waals surface area contributed by atoms with E-state index in [-0.39, 0.29) is 5.69 Å². The first-order valence-electron chi connectivity index (χ1n) is 3.52. The topological polar surface area (TPSA) is 29.1 Å². The van der Waals surface area contributed by atoms with Crippen LogP contribution in [0.15, 0.2) is 18.2 Å². The SMILES string of the molecule is O=CNc1ccc(Cl)c(C(F)(F)F)c1. The van der Waals surface area contributed by atoms with Crippen LogP contribution in [0.25, 0.3) is 0 Å². The maximum Gasteiger partial charge on any atom is 0.417 e. The summed E-state index contributed by atoms with van der Waals surface area (Å²) in [5.74, 6) is 0. The van der Waals surface area contributed by atoms with E-state index in [9.17, 15) is 18.0 Å². The minimum absolute atomic E-state index is 0.0525. The summed E-state index contributed by atoms with van der Waals surface area (Å²) < 4.78 is 36.8. The Morgan fingerprint density at radius 1 is 1.36 bits per heavy atom. The van der Waals surface area contributed by atoms with Gasteiger partial charge in [-0.25, -0.2) is 0 Å². The van der Waals surface area contributed by atoms with Gasteiger partial charge in [0.05, 0.1) is 10.6 Å². The van der Waals surface area contributed by atoms with Crippen molar-refractivity contribution in [2.24, 2.45) is 0 Å². The fraction of sp³-hybridized carbons (Fsp3) is 0.125. The Hall–Kier alpha value is -1.23. The predicted molar refractivity (Wildman–Crippen MR) is 46.1 cm³/mol. The zero-order valence-electron chi connectivity index (χ0n) is 6.73. The van der Waals surface area contributed by atoms with Gasteiger partial charge in [0, 0.05) is 5.69 Å². The number of hydrogen-bond donors (Lipinski definition) is 1. The monoisotopic (exact) mass is 223 g/mol. The Labute approximate surface area is 82.7 Å². The van der Waals surface area contributed by atoms with E-state index in [4.69, 9.17) is 11.6 Å². The normalized spacial score (nSPS) is 11.1. The molecular weight excluding hydrogens is 219 g/mol. The molecule has 2 nitrogen and oxygen atoms in total. The third-order valence-corrected chi connectivity index (χ3v) is 1.83. The second-order valence-electron chi connectivity index (χ2n) is 2.45. The number of carbonyl (C=O) groups excluding carboxylic acids is 1. The molecule has 0 atom stereocenters. The molecule has 0 bridgehead atoms. The smallest absolute Gasteiger partial charge is 0.329 e. The van der Waals surface area contributed by atoms with Crippen LogP contribution in [0.3, 0.4) is 0 Å². The minimum atomic E-state index is -4.52. The number of benzene rings is 1. The van der Waals surface area contributed by atoms with Gasteiger partial charge in [-0.2, -0.15) is 13.2 Å². The third kappa shape index (κ3) is 2.38. The first-order chi connectivity index (χ1) is 6.45. The summed E-state index contributed by atoms with van der Waals surface area (Å²) in [6, 6.07) is 3.14. The van der Waals surface area contributed by atoms with Crippen LogP contribution in [0.5, 0.6) is 0 Å². The molecular formula is C8H5ClF3NO. The minimum Gasteiger partial charge on any atom is -0.329 e. The van der Waals surface area contributed by atoms with E-state index in [1.54, 1.807) is 0 Å². The van der Waals surface area contributed by atoms with Crippen molar-refractivity contribution in [3.8, 4) is 0 Å². The molecule has 0 aliphatic carbocycles. The molecule has 1 amide bonds. The van der Waals surface area contributed by atoms with Gasteiger partial charge in [-0.15, -0.1) is 0 Å². The van der Waals surface area contributed by atoms with E-state index in [0.29, 0.717) is 6.41 Å². The second-order valence-corrected chi connectivity index (χ2v) is 2.86. The molecule has 0 spiro atoms. The molecule has 76 valence electrons. The molecule has 1 rings (SSSR count). The number of amides is 1. The molecule has 1 N–H and O–H groups in total. The van der Waals surface area contributed by atoms with Crippen LogP contribution in [-0.2, 0) is 11.0 Å². The maximum absolute atomic E-state index is 12.3. The van der Waals surface area contributed by atoms with Crippen LogP contribution in [0.4, 0.5) is 18.9 Å². The Morgan fingerprint density at radius 2 is 2.00 bits per heavy atom. The molecule has 0 aliphatic rings. The van der Waals surface area contributed by atoms with Crippen molar-refractivity contribution in [2.45, 2.75) is 6.18 Å². The summed E-state index contributed by atoms with van der Waals surface area (Å²) >= 11 is 5.34. The van der Waals surface area contributed by atoms with Crippen LogP contribution in [0.2, 0.25) is 5.02 Å². The number of nitrogens with one attached hydrogen (secondary N) is 1. The van der Waals surface area contributed by atoms with Gasteiger partial charge < -0.3 is 5.32 Å². The second kappa shape index (κ2) is 3.88. The third-order valence-electron chi connectivity index (χ3n) is 1.50. The summed E-state index contributed by atoms with van der Waals surface area (Å²) in [6.07, 6.45) is -4.22. The van der Waals surface area contributed by atoms with Crippen molar-refractivity contribution in [3.05, 3.63) is 28.8 Å². The first-order valence-corrected chi connectivity index (χ1v) is 3.90. The molecule has 0 saturated heterocycles. The summed E-state index contributed by atoms with van der Waals surface area (Å²) in [4.78, 5) is 9.99. The first kappa shape index (κ1) is 10.8. The summed E-state index contributed by atoms with van der Waals surface area (Å²) in [5.41, 5.74) is -0.914. The van der Waals surface area contributed by atoms with Crippen LogP contribution in [0, 0.1) is 0 Å². The zero-order valence-corrected chi connectivity index (χ0v) is 7.49. The highest BCUT2D eigenvalue weighted by atomic mass is 35.5. The van der Waals surface area contributed by atoms with E-state index < -0.39 is 16.8 Å². The molecule has 1 aromatic carbocycles. The highest BCUT2D eigenvalue weighted by molar-refractivity contribution is 6.31. The van der Waals surface area contributed by atoms with Crippen molar-refractivity contribution in [3.63, 3.8) is 0 Å². The molecule has 0 saturated carbocycles. The van der Waals surface area contributed by atoms with Crippen LogP contribution in [0.1, 0.15) is 5.56 Å². The molecule has 1 aromatic rings. The average Bonchev–Trinajstić information content (AvgIpc) is 2.07. The molecule has 0 radical (unpaired) electrons. The average molecular weight is 224 g/mol. The van der Waals surface area contributed by atoms with Crippen LogP contribution >= 0.6 is 11.6 Å². The van der Waals surface area contributed by atoms with Gasteiger partial charge in [0.15, 0.2) is 0 Å². The molecule has 0 unspecified atom stereocenters. The lowest BCUT2D eigenvalue weighted by molar-refractivity contribution is -0.137. The number of halogens is 4. The molecule has 0 aliphatic heterocycles. The lowest BCUT2D eigenvalue weighted by Crippen LogP contribution is -2.07. The number of hydrogen-bond acceptors (Lipinski definition) is 1. The number of rotatable bonds is 2. The number of anilines is 1. The van der Waals surface area contributed by atoms with Gasteiger partial charge in [0.25, 0.3) is 0 Å². The van der Waals surface area contributed by atoms with Gasteiger partial charge in [0.2, 0.25) is 6.41 Å². The van der Waals surface area contributed by atoms with Crippen molar-refractivity contribution in [2.75, 3.05) is 5.32 Å². The molecule has 0 aromatic heterocycles. The lowest BCUT2D eigenvalue weighted by atomic mass is 10.2. The highest BCUT2D eigenvalue weighted by Crippen LogP contribution is 2.35. The Kier molecular flexibility index (Phi) is 3.00. The van der Waals surface area contributed by atoms with Gasteiger partial charge in [-0.05, 0) is 18.2 Å². The van der Waals surface area contributed by atoms with Crippen molar-refractivity contribution < 1.29 is 18.0 Å². The molecule has 0 heterocycles. The maximum atomic E-state index is 12.3. The van der Waals surface area contributed by atoms with Gasteiger partial charge in [0.1, 0.15) is 0 Å². The van der Waals surface area contributed by atoms with Crippen molar-refractivity contribution in [1.82, 2.24) is 0 Å². The number of carbonyl (C=O) groups is 1. The van der Waals surface area contributed by atoms with Crippen LogP contribution in [-0.4, -0.2) is 6.41 Å². The predicted octanol–water partition coefficient (Wildman–Crippen LogP) is 2.93. The molecule has 6 heteroatoms. The van der Waals surface area contributed by atoms with E-state index in [2.05, 4.69) is 5.32 Å². The van der Waals surface area contributed by atoms with E-state index in [0.717, 1.165) is 12.1 Å². The van der Waals surface area contributed by atoms with E-state index in [1.807, 2.05) is 0 Å². The lowest BCUT2D eigenvalue weighted by Gasteiger charge is -2.09. The number of alkyl halides is 3. The Bertz CT molecular complexity index is 351. The quantitative estimate of drug-likeness (QED) is 0.768. The summed E-state index contributed by atoms with van der Waals surface area (Å²) in [5, 5.41) is 1.71. The van der Waals surface area contributed by atoms with E-state index >= 15 is 0 Å². The van der Waals surface area contributed by atoms with Crippen LogP contribution < -0.4 is 5.32 Å². The standard InChI is InChI=1S/C8H5ClF3NO/c9-7-2-1-5(13-4-14)3-6(7)8(10,11)12/h1-4H,(H,13,14). The molecule has 0 fully saturated rings. The highest BCUT2D eigenvalue weighted by Gasteiger charge is 2.33. The van der Waals surface area contributed by atoms with Gasteiger partial charge >= 0.3 is 6.18 Å².